The van der Waals surface area contributed by atoms with Gasteiger partial charge in [0.25, 0.3) is 11.8 Å². The standard InChI is InChI=1S/C29H32N6O3/c1-19-30-23-9-7-8-21(27(23)31-19)28(36)32-22-13-12-20(18-26(22)38-4)29(37)34(3)24-10-5-6-11-25(24)35-16-14-33(2)15-17-35/h5-13,18H,14-17H2,1-4H3,(H,30,31)(H,32,36). The number of aromatic nitrogens is 2. The number of para-hydroxylation sites is 3. The number of ether oxygens (including phenoxy) is 1. The van der Waals surface area contributed by atoms with Crippen molar-refractivity contribution in [3.05, 3.63) is 77.6 Å². The molecule has 4 aromatic rings. The van der Waals surface area contributed by atoms with Crippen LogP contribution in [-0.4, -0.2) is 74.1 Å². The number of H-pyrrole nitrogens is 1. The molecule has 2 N–H and O–H groups in total. The Bertz CT molecular complexity index is 1490. The highest BCUT2D eigenvalue weighted by molar-refractivity contribution is 6.12. The summed E-state index contributed by atoms with van der Waals surface area (Å²) in [5.41, 5.74) is 4.67. The van der Waals surface area contributed by atoms with E-state index in [4.69, 9.17) is 4.74 Å². The van der Waals surface area contributed by atoms with E-state index < -0.39 is 0 Å². The number of carbonyl (C=O) groups is 2. The smallest absolute Gasteiger partial charge is 0.258 e. The fourth-order valence-electron chi connectivity index (χ4n) is 4.82. The normalized spacial score (nSPS) is 13.9. The number of hydrogen-bond acceptors (Lipinski definition) is 6. The number of piperazine rings is 1. The lowest BCUT2D eigenvalue weighted by atomic mass is 10.1. The van der Waals surface area contributed by atoms with Crippen LogP contribution in [0.2, 0.25) is 0 Å². The Morgan fingerprint density at radius 2 is 1.79 bits per heavy atom. The molecule has 5 rings (SSSR count). The van der Waals surface area contributed by atoms with E-state index in [2.05, 4.69) is 38.2 Å². The Kier molecular flexibility index (Phi) is 7.02. The SMILES string of the molecule is COc1cc(C(=O)N(C)c2ccccc2N2CCN(C)CC2)ccc1NC(=O)c1cccc2[nH]c(C)nc12. The van der Waals surface area contributed by atoms with Gasteiger partial charge in [-0.05, 0) is 56.4 Å². The van der Waals surface area contributed by atoms with Gasteiger partial charge >= 0.3 is 0 Å². The van der Waals surface area contributed by atoms with Crippen molar-refractivity contribution in [2.45, 2.75) is 6.92 Å². The average molecular weight is 513 g/mol. The van der Waals surface area contributed by atoms with Crippen LogP contribution in [0.3, 0.4) is 0 Å². The maximum atomic E-state index is 13.5. The highest BCUT2D eigenvalue weighted by Gasteiger charge is 2.23. The first-order valence-corrected chi connectivity index (χ1v) is 12.6. The molecule has 9 nitrogen and oxygen atoms in total. The lowest BCUT2D eigenvalue weighted by molar-refractivity contribution is 0.0991. The van der Waals surface area contributed by atoms with E-state index in [1.54, 1.807) is 36.2 Å². The van der Waals surface area contributed by atoms with Crippen molar-refractivity contribution in [1.82, 2.24) is 14.9 Å². The molecule has 1 aliphatic rings. The summed E-state index contributed by atoms with van der Waals surface area (Å²) in [4.78, 5) is 40.6. The largest absolute Gasteiger partial charge is 0.495 e. The number of amides is 2. The number of nitrogens with one attached hydrogen (secondary N) is 2. The lowest BCUT2D eigenvalue weighted by Crippen LogP contribution is -2.45. The van der Waals surface area contributed by atoms with Crippen molar-refractivity contribution in [1.29, 1.82) is 0 Å². The van der Waals surface area contributed by atoms with E-state index in [0.717, 1.165) is 48.9 Å². The quantitative estimate of drug-likeness (QED) is 0.403. The van der Waals surface area contributed by atoms with Gasteiger partial charge in [0.2, 0.25) is 0 Å². The molecule has 1 aromatic heterocycles. The molecule has 0 bridgehead atoms. The average Bonchev–Trinajstić information content (AvgIpc) is 3.33. The molecule has 0 atom stereocenters. The zero-order valence-corrected chi connectivity index (χ0v) is 22.1. The molecule has 196 valence electrons. The first kappa shape index (κ1) is 25.3. The lowest BCUT2D eigenvalue weighted by Gasteiger charge is -2.36. The van der Waals surface area contributed by atoms with Crippen molar-refractivity contribution < 1.29 is 14.3 Å². The summed E-state index contributed by atoms with van der Waals surface area (Å²) in [6, 6.07) is 18.4. The Balaban J connectivity index is 1.37. The van der Waals surface area contributed by atoms with Crippen LogP contribution in [0.1, 0.15) is 26.5 Å². The monoisotopic (exact) mass is 512 g/mol. The highest BCUT2D eigenvalue weighted by atomic mass is 16.5. The van der Waals surface area contributed by atoms with Crippen LogP contribution >= 0.6 is 0 Å². The summed E-state index contributed by atoms with van der Waals surface area (Å²) in [7, 11) is 5.42. The topological polar surface area (TPSA) is 93.8 Å². The van der Waals surface area contributed by atoms with E-state index in [1.165, 1.54) is 7.11 Å². The van der Waals surface area contributed by atoms with Gasteiger partial charge in [-0.2, -0.15) is 0 Å². The first-order chi connectivity index (χ1) is 18.4. The number of likely N-dealkylation sites (N-methyl/N-ethyl adjacent to an activating group) is 1. The Morgan fingerprint density at radius 3 is 2.55 bits per heavy atom. The van der Waals surface area contributed by atoms with Gasteiger partial charge in [-0.1, -0.05) is 18.2 Å². The number of hydrogen-bond donors (Lipinski definition) is 2. The van der Waals surface area contributed by atoms with Gasteiger partial charge in [-0.25, -0.2) is 4.98 Å². The number of aromatic amines is 1. The van der Waals surface area contributed by atoms with Gasteiger partial charge in [0.05, 0.1) is 35.3 Å². The maximum Gasteiger partial charge on any atom is 0.258 e. The fraction of sp³-hybridized carbons (Fsp3) is 0.276. The van der Waals surface area contributed by atoms with Crippen LogP contribution in [0.5, 0.6) is 5.75 Å². The summed E-state index contributed by atoms with van der Waals surface area (Å²) in [6.07, 6.45) is 0. The number of nitrogens with zero attached hydrogens (tertiary/aromatic N) is 4. The molecule has 1 aliphatic heterocycles. The Labute approximate surface area is 222 Å². The highest BCUT2D eigenvalue weighted by Crippen LogP contribution is 2.32. The van der Waals surface area contributed by atoms with Crippen LogP contribution in [-0.2, 0) is 0 Å². The molecular formula is C29H32N6O3. The van der Waals surface area contributed by atoms with Crippen molar-refractivity contribution >= 4 is 39.9 Å². The van der Waals surface area contributed by atoms with Gasteiger partial charge < -0.3 is 29.7 Å². The third-order valence-electron chi connectivity index (χ3n) is 6.96. The zero-order valence-electron chi connectivity index (χ0n) is 22.1. The molecular weight excluding hydrogens is 480 g/mol. The minimum absolute atomic E-state index is 0.167. The number of aryl methyl sites for hydroxylation is 1. The molecule has 3 aromatic carbocycles. The predicted octanol–water partition coefficient (Wildman–Crippen LogP) is 4.16. The van der Waals surface area contributed by atoms with E-state index in [9.17, 15) is 9.59 Å². The second kappa shape index (κ2) is 10.5. The number of benzene rings is 3. The summed E-state index contributed by atoms with van der Waals surface area (Å²) < 4.78 is 5.56. The molecule has 1 saturated heterocycles. The van der Waals surface area contributed by atoms with Crippen molar-refractivity contribution in [3.63, 3.8) is 0 Å². The van der Waals surface area contributed by atoms with Crippen LogP contribution in [0.4, 0.5) is 17.1 Å². The molecule has 0 aliphatic carbocycles. The molecule has 0 radical (unpaired) electrons. The summed E-state index contributed by atoms with van der Waals surface area (Å²) in [6.45, 7) is 5.61. The molecule has 2 heterocycles. The zero-order chi connectivity index (χ0) is 26.8. The van der Waals surface area contributed by atoms with Crippen LogP contribution in [0.25, 0.3) is 11.0 Å². The van der Waals surface area contributed by atoms with E-state index in [-0.39, 0.29) is 11.8 Å². The van der Waals surface area contributed by atoms with E-state index in [1.807, 2.05) is 37.3 Å². The number of rotatable bonds is 6. The third kappa shape index (κ3) is 4.92. The molecule has 0 saturated carbocycles. The Morgan fingerprint density at radius 1 is 1.03 bits per heavy atom. The van der Waals surface area contributed by atoms with Crippen molar-refractivity contribution in [2.24, 2.45) is 0 Å². The Hall–Kier alpha value is -4.37. The first-order valence-electron chi connectivity index (χ1n) is 12.6. The maximum absolute atomic E-state index is 13.5. The van der Waals surface area contributed by atoms with Crippen LogP contribution < -0.4 is 19.9 Å². The molecule has 38 heavy (non-hydrogen) atoms. The summed E-state index contributed by atoms with van der Waals surface area (Å²) in [5, 5.41) is 2.91. The van der Waals surface area contributed by atoms with Gasteiger partial charge in [0.1, 0.15) is 17.1 Å². The second-order valence-corrected chi connectivity index (χ2v) is 9.54. The van der Waals surface area contributed by atoms with Crippen molar-refractivity contribution in [3.8, 4) is 5.75 Å². The molecule has 0 unspecified atom stereocenters. The molecule has 0 spiro atoms. The molecule has 9 heteroatoms. The fourth-order valence-corrected chi connectivity index (χ4v) is 4.82. The summed E-state index contributed by atoms with van der Waals surface area (Å²) in [5.74, 6) is 0.659. The number of anilines is 3. The van der Waals surface area contributed by atoms with E-state index >= 15 is 0 Å². The predicted molar refractivity (Wildman–Crippen MR) is 151 cm³/mol. The minimum Gasteiger partial charge on any atom is -0.495 e. The van der Waals surface area contributed by atoms with Gasteiger partial charge in [0.15, 0.2) is 0 Å². The second-order valence-electron chi connectivity index (χ2n) is 9.54. The third-order valence-corrected chi connectivity index (χ3v) is 6.96. The molecule has 2 amide bonds. The van der Waals surface area contributed by atoms with Gasteiger partial charge in [-0.15, -0.1) is 0 Å². The number of imidazole rings is 1. The van der Waals surface area contributed by atoms with Crippen LogP contribution in [0, 0.1) is 6.92 Å². The van der Waals surface area contributed by atoms with E-state index in [0.29, 0.717) is 28.1 Å². The number of fused-ring (bicyclic) bond motifs is 1. The minimum atomic E-state index is -0.308. The molecule has 1 fully saturated rings. The van der Waals surface area contributed by atoms with Crippen molar-refractivity contribution in [2.75, 3.05) is 62.5 Å². The number of methoxy groups -OCH3 is 1. The van der Waals surface area contributed by atoms with Gasteiger partial charge in [-0.3, -0.25) is 9.59 Å². The number of carbonyl (C=O) groups excluding carboxylic acids is 2. The summed E-state index contributed by atoms with van der Waals surface area (Å²) >= 11 is 0. The van der Waals surface area contributed by atoms with Gasteiger partial charge in [0, 0.05) is 38.8 Å². The van der Waals surface area contributed by atoms with Crippen LogP contribution in [0.15, 0.2) is 60.7 Å².